The first-order chi connectivity index (χ1) is 19.8. The molecule has 0 N–H and O–H groups in total. The normalized spacial score (nSPS) is 11.5. The number of anilines is 3. The molecular weight excluding hydrogens is 488 g/mol. The molecule has 0 fully saturated rings. The monoisotopic (exact) mass is 512 g/mol. The van der Waals surface area contributed by atoms with E-state index in [-0.39, 0.29) is 0 Å². The van der Waals surface area contributed by atoms with Gasteiger partial charge in [-0.25, -0.2) is 4.98 Å². The lowest BCUT2D eigenvalue weighted by Crippen LogP contribution is -2.11. The third-order valence-electron chi connectivity index (χ3n) is 7.70. The summed E-state index contributed by atoms with van der Waals surface area (Å²) >= 11 is 0. The molecule has 0 atom stereocenters. The summed E-state index contributed by atoms with van der Waals surface area (Å²) < 4.78 is 6.08. The Balaban J connectivity index is 1.32. The van der Waals surface area contributed by atoms with E-state index >= 15 is 0 Å². The fourth-order valence-corrected chi connectivity index (χ4v) is 5.73. The van der Waals surface area contributed by atoms with Crippen LogP contribution < -0.4 is 4.90 Å². The van der Waals surface area contributed by atoms with Crippen molar-refractivity contribution in [2.45, 2.75) is 0 Å². The molecule has 2 aromatic heterocycles. The number of hydrogen-bond donors (Lipinski definition) is 0. The summed E-state index contributed by atoms with van der Waals surface area (Å²) in [6.07, 6.45) is 1.84. The van der Waals surface area contributed by atoms with Crippen LogP contribution in [0.25, 0.3) is 54.6 Å². The SMILES string of the molecule is c1ccc(-c2ccc(N(c3ccc4c(ccc5ccccc54)c3)c3cc4c(cn3)oc3ccccc34)cc2)cc1. The van der Waals surface area contributed by atoms with Crippen molar-refractivity contribution in [1.82, 2.24) is 4.98 Å². The molecule has 0 aliphatic carbocycles. The second-order valence-corrected chi connectivity index (χ2v) is 10.1. The van der Waals surface area contributed by atoms with Crippen LogP contribution in [0.15, 0.2) is 150 Å². The first kappa shape index (κ1) is 22.6. The van der Waals surface area contributed by atoms with E-state index in [2.05, 4.69) is 120 Å². The van der Waals surface area contributed by atoms with Gasteiger partial charge in [0.2, 0.25) is 0 Å². The van der Waals surface area contributed by atoms with Crippen molar-refractivity contribution < 1.29 is 4.42 Å². The van der Waals surface area contributed by atoms with Gasteiger partial charge >= 0.3 is 0 Å². The lowest BCUT2D eigenvalue weighted by Gasteiger charge is -2.25. The van der Waals surface area contributed by atoms with Gasteiger partial charge < -0.3 is 4.42 Å². The summed E-state index contributed by atoms with van der Waals surface area (Å²) in [5.74, 6) is 0.839. The third-order valence-corrected chi connectivity index (χ3v) is 7.70. The molecule has 188 valence electrons. The molecule has 0 aliphatic heterocycles. The van der Waals surface area contributed by atoms with Crippen LogP contribution in [0.4, 0.5) is 17.2 Å². The van der Waals surface area contributed by atoms with E-state index in [1.54, 1.807) is 0 Å². The Morgan fingerprint density at radius 3 is 2.00 bits per heavy atom. The largest absolute Gasteiger partial charge is 0.454 e. The van der Waals surface area contributed by atoms with Gasteiger partial charge in [-0.15, -0.1) is 0 Å². The fraction of sp³-hybridized carbons (Fsp3) is 0. The highest BCUT2D eigenvalue weighted by atomic mass is 16.3. The molecule has 3 nitrogen and oxygen atoms in total. The molecule has 40 heavy (non-hydrogen) atoms. The average molecular weight is 513 g/mol. The predicted molar refractivity (Wildman–Crippen MR) is 167 cm³/mol. The van der Waals surface area contributed by atoms with Gasteiger partial charge in [-0.05, 0) is 69.1 Å². The number of aromatic nitrogens is 1. The first-order valence-corrected chi connectivity index (χ1v) is 13.5. The maximum Gasteiger partial charge on any atom is 0.153 e. The van der Waals surface area contributed by atoms with Crippen molar-refractivity contribution in [1.29, 1.82) is 0 Å². The summed E-state index contributed by atoms with van der Waals surface area (Å²) in [5, 5.41) is 7.08. The Morgan fingerprint density at radius 1 is 0.450 bits per heavy atom. The Labute approximate surface area is 231 Å². The standard InChI is InChI=1S/C37H24N2O/c1-2-8-25(9-3-1)26-16-18-29(19-17-26)39(37-23-34-33-12-6-7-13-35(33)40-36(34)24-38-37)30-20-21-32-28(22-30)15-14-27-10-4-5-11-31(27)32/h1-24H. The summed E-state index contributed by atoms with van der Waals surface area (Å²) in [7, 11) is 0. The summed E-state index contributed by atoms with van der Waals surface area (Å²) in [5.41, 5.74) is 6.12. The van der Waals surface area contributed by atoms with Gasteiger partial charge in [0.15, 0.2) is 5.58 Å². The second kappa shape index (κ2) is 9.11. The highest BCUT2D eigenvalue weighted by Gasteiger charge is 2.17. The molecule has 0 bridgehead atoms. The Bertz CT molecular complexity index is 2160. The van der Waals surface area contributed by atoms with Gasteiger partial charge in [0, 0.05) is 22.1 Å². The van der Waals surface area contributed by atoms with Crippen molar-refractivity contribution in [3.63, 3.8) is 0 Å². The molecule has 8 aromatic rings. The van der Waals surface area contributed by atoms with E-state index in [0.29, 0.717) is 0 Å². The van der Waals surface area contributed by atoms with Crippen LogP contribution in [0.5, 0.6) is 0 Å². The lowest BCUT2D eigenvalue weighted by molar-refractivity contribution is 0.667. The zero-order valence-corrected chi connectivity index (χ0v) is 21.7. The van der Waals surface area contributed by atoms with E-state index < -0.39 is 0 Å². The van der Waals surface area contributed by atoms with Crippen LogP contribution in [0.3, 0.4) is 0 Å². The molecule has 0 amide bonds. The fourth-order valence-electron chi connectivity index (χ4n) is 5.73. The molecule has 0 spiro atoms. The van der Waals surface area contributed by atoms with Crippen LogP contribution >= 0.6 is 0 Å². The van der Waals surface area contributed by atoms with Gasteiger partial charge in [0.25, 0.3) is 0 Å². The van der Waals surface area contributed by atoms with Crippen molar-refractivity contribution >= 4 is 60.7 Å². The number of para-hydroxylation sites is 1. The van der Waals surface area contributed by atoms with E-state index in [9.17, 15) is 0 Å². The van der Waals surface area contributed by atoms with Crippen LogP contribution in [-0.2, 0) is 0 Å². The van der Waals surface area contributed by atoms with Crippen molar-refractivity contribution in [3.05, 3.63) is 146 Å². The van der Waals surface area contributed by atoms with Crippen molar-refractivity contribution in [3.8, 4) is 11.1 Å². The van der Waals surface area contributed by atoms with Crippen LogP contribution in [-0.4, -0.2) is 4.98 Å². The number of fused-ring (bicyclic) bond motifs is 6. The highest BCUT2D eigenvalue weighted by molar-refractivity contribution is 6.09. The number of nitrogens with zero attached hydrogens (tertiary/aromatic N) is 2. The van der Waals surface area contributed by atoms with Gasteiger partial charge in [-0.2, -0.15) is 0 Å². The molecule has 0 saturated carbocycles. The second-order valence-electron chi connectivity index (χ2n) is 10.1. The lowest BCUT2D eigenvalue weighted by atomic mass is 10.0. The van der Waals surface area contributed by atoms with E-state index in [0.717, 1.165) is 39.1 Å². The predicted octanol–water partition coefficient (Wildman–Crippen LogP) is 10.4. The summed E-state index contributed by atoms with van der Waals surface area (Å²) in [6, 6.07) is 49.1. The maximum absolute atomic E-state index is 6.08. The zero-order valence-electron chi connectivity index (χ0n) is 21.7. The van der Waals surface area contributed by atoms with Gasteiger partial charge in [0.1, 0.15) is 11.4 Å². The Kier molecular flexibility index (Phi) is 5.14. The molecule has 0 unspecified atom stereocenters. The zero-order chi connectivity index (χ0) is 26.5. The third kappa shape index (κ3) is 3.71. The number of pyridine rings is 1. The van der Waals surface area contributed by atoms with Gasteiger partial charge in [0.05, 0.1) is 6.20 Å². The van der Waals surface area contributed by atoms with E-state index in [1.807, 2.05) is 30.5 Å². The van der Waals surface area contributed by atoms with E-state index in [4.69, 9.17) is 9.40 Å². The number of hydrogen-bond acceptors (Lipinski definition) is 3. The van der Waals surface area contributed by atoms with Gasteiger partial charge in [-0.3, -0.25) is 4.90 Å². The topological polar surface area (TPSA) is 29.3 Å². The molecule has 2 heterocycles. The van der Waals surface area contributed by atoms with Crippen LogP contribution in [0.1, 0.15) is 0 Å². The van der Waals surface area contributed by atoms with Crippen LogP contribution in [0, 0.1) is 0 Å². The highest BCUT2D eigenvalue weighted by Crippen LogP contribution is 2.39. The quantitative estimate of drug-likeness (QED) is 0.220. The Morgan fingerprint density at radius 2 is 1.12 bits per heavy atom. The van der Waals surface area contributed by atoms with E-state index in [1.165, 1.54) is 32.7 Å². The minimum absolute atomic E-state index is 0.786. The minimum Gasteiger partial charge on any atom is -0.454 e. The van der Waals surface area contributed by atoms with Crippen LogP contribution in [0.2, 0.25) is 0 Å². The average Bonchev–Trinajstić information content (AvgIpc) is 3.40. The molecule has 0 radical (unpaired) electrons. The molecule has 3 heteroatoms. The summed E-state index contributed by atoms with van der Waals surface area (Å²) in [4.78, 5) is 7.12. The Hall–Kier alpha value is -5.41. The molecule has 0 saturated heterocycles. The van der Waals surface area contributed by atoms with Crippen molar-refractivity contribution in [2.24, 2.45) is 0 Å². The molecule has 0 aliphatic rings. The first-order valence-electron chi connectivity index (χ1n) is 13.5. The minimum atomic E-state index is 0.786. The number of rotatable bonds is 4. The summed E-state index contributed by atoms with van der Waals surface area (Å²) in [6.45, 7) is 0. The smallest absolute Gasteiger partial charge is 0.153 e. The van der Waals surface area contributed by atoms with Crippen molar-refractivity contribution in [2.75, 3.05) is 4.90 Å². The van der Waals surface area contributed by atoms with Gasteiger partial charge in [-0.1, -0.05) is 103 Å². The molecular formula is C37H24N2O. The number of furan rings is 1. The molecule has 6 aromatic carbocycles. The molecule has 8 rings (SSSR count). The number of benzene rings is 6. The maximum atomic E-state index is 6.08.